The number of hydrogen-bond donors (Lipinski definition) is 4. The molecule has 1 aliphatic rings. The maximum Gasteiger partial charge on any atom is 0.328 e. The molecule has 12 nitrogen and oxygen atoms in total. The minimum atomic E-state index is -0.927. The zero-order valence-corrected chi connectivity index (χ0v) is 24.4. The highest BCUT2D eigenvalue weighted by Gasteiger charge is 2.26. The van der Waals surface area contributed by atoms with Gasteiger partial charge in [0.05, 0.1) is 13.2 Å². The SMILES string of the molecule is C[C@H](NC(=O)CNC(=O)CCCCCN1C(=O)C=CC1=O)C(=O)N[C@@H](CCCCN)C(=O)OCCS(C)(C)C. The Morgan fingerprint density at radius 1 is 0.949 bits per heavy atom. The smallest absolute Gasteiger partial charge is 0.328 e. The number of hydrogen-bond acceptors (Lipinski definition) is 8. The van der Waals surface area contributed by atoms with Gasteiger partial charge in [0, 0.05) is 30.9 Å². The molecule has 5 amide bonds. The van der Waals surface area contributed by atoms with E-state index in [1.54, 1.807) is 0 Å². The summed E-state index contributed by atoms with van der Waals surface area (Å²) in [6.07, 6.45) is 12.5. The van der Waals surface area contributed by atoms with Crippen LogP contribution in [0.5, 0.6) is 0 Å². The summed E-state index contributed by atoms with van der Waals surface area (Å²) in [5.74, 6) is -1.80. The number of esters is 1. The molecular formula is C26H45N5O7S. The van der Waals surface area contributed by atoms with Crippen molar-refractivity contribution >= 4 is 45.5 Å². The van der Waals surface area contributed by atoms with Gasteiger partial charge < -0.3 is 26.4 Å². The van der Waals surface area contributed by atoms with Gasteiger partial charge in [0.2, 0.25) is 17.7 Å². The van der Waals surface area contributed by atoms with Crippen LogP contribution in [0.1, 0.15) is 51.9 Å². The third-order valence-electron chi connectivity index (χ3n) is 5.89. The largest absolute Gasteiger partial charge is 0.463 e. The predicted molar refractivity (Wildman–Crippen MR) is 151 cm³/mol. The molecule has 0 radical (unpaired) electrons. The lowest BCUT2D eigenvalue weighted by atomic mass is 10.1. The highest BCUT2D eigenvalue weighted by molar-refractivity contribution is 8.32. The highest BCUT2D eigenvalue weighted by atomic mass is 32.3. The van der Waals surface area contributed by atoms with Crippen molar-refractivity contribution in [2.24, 2.45) is 5.73 Å². The van der Waals surface area contributed by atoms with Crippen molar-refractivity contribution < 1.29 is 33.5 Å². The number of unbranched alkanes of at least 4 members (excludes halogenated alkanes) is 3. The minimum Gasteiger partial charge on any atom is -0.463 e. The third kappa shape index (κ3) is 14.7. The van der Waals surface area contributed by atoms with Crippen LogP contribution in [0.2, 0.25) is 0 Å². The number of imide groups is 1. The Hall–Kier alpha value is -2.93. The molecule has 0 unspecified atom stereocenters. The number of nitrogens with two attached hydrogens (primary N) is 1. The molecule has 39 heavy (non-hydrogen) atoms. The molecule has 222 valence electrons. The number of rotatable bonds is 19. The number of nitrogens with one attached hydrogen (secondary N) is 3. The summed E-state index contributed by atoms with van der Waals surface area (Å²) in [6.45, 7) is 2.25. The van der Waals surface area contributed by atoms with Crippen molar-refractivity contribution in [1.29, 1.82) is 0 Å². The van der Waals surface area contributed by atoms with Gasteiger partial charge in [-0.1, -0.05) is 6.42 Å². The number of amides is 5. The fourth-order valence-electron chi connectivity index (χ4n) is 3.54. The van der Waals surface area contributed by atoms with E-state index in [9.17, 15) is 28.8 Å². The predicted octanol–water partition coefficient (Wildman–Crippen LogP) is -0.0563. The van der Waals surface area contributed by atoms with Crippen LogP contribution in [0.15, 0.2) is 12.2 Å². The summed E-state index contributed by atoms with van der Waals surface area (Å²) in [5.41, 5.74) is 5.54. The van der Waals surface area contributed by atoms with E-state index in [1.165, 1.54) is 19.1 Å². The van der Waals surface area contributed by atoms with Gasteiger partial charge in [-0.2, -0.15) is 0 Å². The maximum absolute atomic E-state index is 12.6. The van der Waals surface area contributed by atoms with Crippen LogP contribution in [-0.2, 0) is 33.5 Å². The number of carbonyl (C=O) groups is 6. The summed E-state index contributed by atoms with van der Waals surface area (Å²) in [5, 5.41) is 7.68. The highest BCUT2D eigenvalue weighted by Crippen LogP contribution is 2.33. The summed E-state index contributed by atoms with van der Waals surface area (Å²) in [6, 6.07) is -1.76. The quantitative estimate of drug-likeness (QED) is 0.0947. The topological polar surface area (TPSA) is 177 Å². The Morgan fingerprint density at radius 2 is 1.62 bits per heavy atom. The summed E-state index contributed by atoms with van der Waals surface area (Å²) < 4.78 is 5.39. The zero-order valence-electron chi connectivity index (χ0n) is 23.6. The molecular weight excluding hydrogens is 526 g/mol. The molecule has 0 aromatic rings. The van der Waals surface area contributed by atoms with Gasteiger partial charge >= 0.3 is 5.97 Å². The van der Waals surface area contributed by atoms with Crippen molar-refractivity contribution in [1.82, 2.24) is 20.9 Å². The molecule has 2 atom stereocenters. The monoisotopic (exact) mass is 571 g/mol. The molecule has 0 saturated carbocycles. The van der Waals surface area contributed by atoms with E-state index in [0.717, 1.165) is 10.7 Å². The molecule has 0 aromatic heterocycles. The lowest BCUT2D eigenvalue weighted by molar-refractivity contribution is -0.147. The molecule has 5 N–H and O–H groups in total. The normalized spacial score (nSPS) is 15.1. The Labute approximate surface area is 232 Å². The molecule has 0 saturated heterocycles. The zero-order chi connectivity index (χ0) is 29.4. The molecule has 1 rings (SSSR count). The van der Waals surface area contributed by atoms with E-state index in [0.29, 0.717) is 51.6 Å². The average Bonchev–Trinajstić information content (AvgIpc) is 3.17. The number of carbonyl (C=O) groups excluding carboxylic acids is 6. The first kappa shape index (κ1) is 34.1. The van der Waals surface area contributed by atoms with Crippen LogP contribution in [0.4, 0.5) is 0 Å². The van der Waals surface area contributed by atoms with E-state index >= 15 is 0 Å². The van der Waals surface area contributed by atoms with Crippen LogP contribution in [0.3, 0.4) is 0 Å². The van der Waals surface area contributed by atoms with Gasteiger partial charge in [0.25, 0.3) is 11.8 Å². The van der Waals surface area contributed by atoms with Gasteiger partial charge in [-0.3, -0.25) is 28.9 Å². The van der Waals surface area contributed by atoms with Crippen molar-refractivity contribution in [3.63, 3.8) is 0 Å². The summed E-state index contributed by atoms with van der Waals surface area (Å²) in [7, 11) is -0.828. The Kier molecular flexibility index (Phi) is 15.4. The van der Waals surface area contributed by atoms with Gasteiger partial charge in [-0.25, -0.2) is 14.8 Å². The molecule has 0 aromatic carbocycles. The second kappa shape index (κ2) is 17.6. The van der Waals surface area contributed by atoms with Gasteiger partial charge in [-0.05, 0) is 64.3 Å². The third-order valence-corrected chi connectivity index (χ3v) is 7.28. The van der Waals surface area contributed by atoms with E-state index in [1.807, 2.05) is 0 Å². The van der Waals surface area contributed by atoms with Crippen LogP contribution in [0.25, 0.3) is 0 Å². The fourth-order valence-corrected chi connectivity index (χ4v) is 4.12. The van der Waals surface area contributed by atoms with Gasteiger partial charge in [0.1, 0.15) is 12.1 Å². The summed E-state index contributed by atoms with van der Waals surface area (Å²) >= 11 is 0. The lowest BCUT2D eigenvalue weighted by Gasteiger charge is -2.25. The second-order valence-corrected chi connectivity index (χ2v) is 14.9. The Balaban J connectivity index is 2.35. The molecule has 0 aliphatic carbocycles. The molecule has 13 heteroatoms. The van der Waals surface area contributed by atoms with Crippen molar-refractivity contribution in [2.45, 2.75) is 64.0 Å². The molecule has 1 aliphatic heterocycles. The minimum absolute atomic E-state index is 0.187. The lowest BCUT2D eigenvalue weighted by Crippen LogP contribution is -2.52. The van der Waals surface area contributed by atoms with Crippen molar-refractivity contribution in [3.05, 3.63) is 12.2 Å². The molecule has 0 fully saturated rings. The summed E-state index contributed by atoms with van der Waals surface area (Å²) in [4.78, 5) is 73.6. The van der Waals surface area contributed by atoms with Crippen LogP contribution in [-0.4, -0.2) is 103 Å². The van der Waals surface area contributed by atoms with Crippen LogP contribution >= 0.6 is 10.0 Å². The van der Waals surface area contributed by atoms with Gasteiger partial charge in [0.15, 0.2) is 0 Å². The van der Waals surface area contributed by atoms with Gasteiger partial charge in [-0.15, -0.1) is 0 Å². The van der Waals surface area contributed by atoms with E-state index in [2.05, 4.69) is 34.7 Å². The maximum atomic E-state index is 12.6. The standard InChI is InChI=1S/C26H45N5O7S/c1-19(25(36)30-20(10-7-8-14-27)26(37)38-16-17-39(2,3)4)29-22(33)18-28-21(32)11-6-5-9-15-31-23(34)12-13-24(31)35/h12-13,19-20H,5-11,14-18,27H2,1-4H3,(H,28,32)(H,29,33)(H,30,36)/t19-,20-/m0/s1. The van der Waals surface area contributed by atoms with Crippen molar-refractivity contribution in [2.75, 3.05) is 50.8 Å². The number of nitrogens with zero attached hydrogens (tertiary/aromatic N) is 1. The van der Waals surface area contributed by atoms with Crippen LogP contribution < -0.4 is 21.7 Å². The first-order valence-electron chi connectivity index (χ1n) is 13.3. The Morgan fingerprint density at radius 3 is 2.23 bits per heavy atom. The van der Waals surface area contributed by atoms with Crippen molar-refractivity contribution in [3.8, 4) is 0 Å². The molecule has 0 spiro atoms. The molecule has 0 bridgehead atoms. The molecule has 1 heterocycles. The van der Waals surface area contributed by atoms with E-state index in [4.69, 9.17) is 10.5 Å². The van der Waals surface area contributed by atoms with E-state index in [-0.39, 0.29) is 37.3 Å². The van der Waals surface area contributed by atoms with E-state index < -0.39 is 39.9 Å². The second-order valence-electron chi connectivity index (χ2n) is 10.3. The first-order valence-corrected chi connectivity index (χ1v) is 16.3. The first-order chi connectivity index (χ1) is 18.3. The van der Waals surface area contributed by atoms with Crippen LogP contribution in [0, 0.1) is 0 Å². The Bertz CT molecular complexity index is 886. The fraction of sp³-hybridized carbons (Fsp3) is 0.692. The average molecular weight is 572 g/mol. The number of ether oxygens (including phenoxy) is 1.